The van der Waals surface area contributed by atoms with Crippen LogP contribution in [0.3, 0.4) is 0 Å². The zero-order valence-corrected chi connectivity index (χ0v) is 14.6. The molecular formula is C17H38N2. The van der Waals surface area contributed by atoms with E-state index in [1.165, 1.54) is 38.8 Å². The summed E-state index contributed by atoms with van der Waals surface area (Å²) in [4.78, 5) is 2.67. The van der Waals surface area contributed by atoms with Crippen LogP contribution in [0.15, 0.2) is 0 Å². The molecule has 0 aromatic carbocycles. The quantitative estimate of drug-likeness (QED) is 0.563. The zero-order valence-electron chi connectivity index (χ0n) is 14.6. The molecule has 1 unspecified atom stereocenters. The van der Waals surface area contributed by atoms with Crippen LogP contribution in [-0.2, 0) is 0 Å². The van der Waals surface area contributed by atoms with E-state index in [9.17, 15) is 0 Å². The third-order valence-electron chi connectivity index (χ3n) is 4.15. The minimum absolute atomic E-state index is 0.390. The van der Waals surface area contributed by atoms with Gasteiger partial charge in [-0.05, 0) is 38.6 Å². The van der Waals surface area contributed by atoms with Crippen molar-refractivity contribution in [3.8, 4) is 0 Å². The van der Waals surface area contributed by atoms with Gasteiger partial charge in [0.05, 0.1) is 0 Å². The van der Waals surface area contributed by atoms with Gasteiger partial charge in [-0.3, -0.25) is 0 Å². The van der Waals surface area contributed by atoms with Crippen molar-refractivity contribution in [2.45, 2.75) is 86.2 Å². The van der Waals surface area contributed by atoms with E-state index in [1.54, 1.807) is 0 Å². The summed E-state index contributed by atoms with van der Waals surface area (Å²) in [5, 5.41) is 3.62. The number of nitrogens with one attached hydrogen (secondary N) is 1. The van der Waals surface area contributed by atoms with E-state index in [2.05, 4.69) is 58.7 Å². The molecule has 0 aliphatic carbocycles. The fourth-order valence-electron chi connectivity index (χ4n) is 2.32. The van der Waals surface area contributed by atoms with Crippen molar-refractivity contribution in [3.05, 3.63) is 0 Å². The molecule has 116 valence electrons. The highest BCUT2D eigenvalue weighted by atomic mass is 15.2. The molecule has 0 aromatic heterocycles. The van der Waals surface area contributed by atoms with Crippen molar-refractivity contribution in [1.82, 2.24) is 10.2 Å². The first-order valence-corrected chi connectivity index (χ1v) is 8.32. The first-order chi connectivity index (χ1) is 8.84. The van der Waals surface area contributed by atoms with E-state index < -0.39 is 0 Å². The number of hydrogen-bond acceptors (Lipinski definition) is 2. The number of unbranched alkanes of at least 4 members (excludes halogenated alkanes) is 2. The summed E-state index contributed by atoms with van der Waals surface area (Å²) < 4.78 is 0. The Bertz CT molecular complexity index is 213. The van der Waals surface area contributed by atoms with E-state index in [4.69, 9.17) is 0 Å². The van der Waals surface area contributed by atoms with Crippen molar-refractivity contribution in [3.63, 3.8) is 0 Å². The fraction of sp³-hybridized carbons (Fsp3) is 1.00. The van der Waals surface area contributed by atoms with Gasteiger partial charge in [0.15, 0.2) is 0 Å². The highest BCUT2D eigenvalue weighted by Crippen LogP contribution is 2.23. The van der Waals surface area contributed by atoms with Gasteiger partial charge in [-0.2, -0.15) is 0 Å². The molecule has 2 nitrogen and oxygen atoms in total. The van der Waals surface area contributed by atoms with Gasteiger partial charge in [0.25, 0.3) is 0 Å². The second kappa shape index (κ2) is 9.77. The molecule has 0 fully saturated rings. The molecule has 0 saturated heterocycles. The lowest BCUT2D eigenvalue weighted by Crippen LogP contribution is -2.46. The molecule has 0 aromatic rings. The van der Waals surface area contributed by atoms with Gasteiger partial charge in [-0.25, -0.2) is 0 Å². The number of nitrogens with zero attached hydrogens (tertiary/aromatic N) is 1. The van der Waals surface area contributed by atoms with Crippen molar-refractivity contribution >= 4 is 0 Å². The summed E-state index contributed by atoms with van der Waals surface area (Å²) in [5.41, 5.74) is 0.390. The normalized spacial score (nSPS) is 15.5. The second-order valence-electron chi connectivity index (χ2n) is 6.97. The van der Waals surface area contributed by atoms with Crippen LogP contribution in [0.25, 0.3) is 0 Å². The monoisotopic (exact) mass is 270 g/mol. The summed E-state index contributed by atoms with van der Waals surface area (Å²) in [5.74, 6) is 0. The van der Waals surface area contributed by atoms with E-state index in [-0.39, 0.29) is 0 Å². The van der Waals surface area contributed by atoms with Crippen molar-refractivity contribution in [2.75, 3.05) is 19.6 Å². The number of rotatable bonds is 11. The maximum Gasteiger partial charge on any atom is 0.00501 e. The summed E-state index contributed by atoms with van der Waals surface area (Å²) >= 11 is 0. The van der Waals surface area contributed by atoms with Gasteiger partial charge >= 0.3 is 0 Å². The van der Waals surface area contributed by atoms with Gasteiger partial charge < -0.3 is 10.2 Å². The lowest BCUT2D eigenvalue weighted by molar-refractivity contribution is 0.123. The third-order valence-corrected chi connectivity index (χ3v) is 4.15. The first-order valence-electron chi connectivity index (χ1n) is 8.32. The predicted molar refractivity (Wildman–Crippen MR) is 87.8 cm³/mol. The molecule has 0 aliphatic heterocycles. The van der Waals surface area contributed by atoms with Crippen LogP contribution >= 0.6 is 0 Å². The Balaban J connectivity index is 4.40. The lowest BCUT2D eigenvalue weighted by Gasteiger charge is -2.38. The van der Waals surface area contributed by atoms with Crippen LogP contribution in [-0.4, -0.2) is 36.6 Å². The van der Waals surface area contributed by atoms with Crippen LogP contribution in [0.1, 0.15) is 74.1 Å². The summed E-state index contributed by atoms with van der Waals surface area (Å²) in [7, 11) is 0. The summed E-state index contributed by atoms with van der Waals surface area (Å²) in [6.45, 7) is 19.8. The molecule has 0 spiro atoms. The van der Waals surface area contributed by atoms with E-state index >= 15 is 0 Å². The highest BCUT2D eigenvalue weighted by Gasteiger charge is 2.26. The summed E-state index contributed by atoms with van der Waals surface area (Å²) in [6, 6.07) is 1.24. The van der Waals surface area contributed by atoms with Crippen LogP contribution in [0.4, 0.5) is 0 Å². The Kier molecular flexibility index (Phi) is 9.72. The van der Waals surface area contributed by atoms with Gasteiger partial charge in [0.2, 0.25) is 0 Å². The molecule has 0 saturated carbocycles. The molecule has 0 bridgehead atoms. The highest BCUT2D eigenvalue weighted by molar-refractivity contribution is 4.81. The van der Waals surface area contributed by atoms with Gasteiger partial charge in [0.1, 0.15) is 0 Å². The SMILES string of the molecule is CCCCCN(CC(C)(CC)CNC(C)C)C(C)C. The van der Waals surface area contributed by atoms with E-state index in [0.29, 0.717) is 17.5 Å². The van der Waals surface area contributed by atoms with Crippen molar-refractivity contribution in [2.24, 2.45) is 5.41 Å². The molecular weight excluding hydrogens is 232 g/mol. The summed E-state index contributed by atoms with van der Waals surface area (Å²) in [6.07, 6.45) is 5.25. The third kappa shape index (κ3) is 8.65. The average Bonchev–Trinajstić information content (AvgIpc) is 2.35. The molecule has 0 rings (SSSR count). The standard InChI is InChI=1S/C17H38N2/c1-8-10-11-12-19(16(5)6)14-17(7,9-2)13-18-15(3)4/h15-16,18H,8-14H2,1-7H3. The van der Waals surface area contributed by atoms with Crippen molar-refractivity contribution < 1.29 is 0 Å². The molecule has 0 heterocycles. The Morgan fingerprint density at radius 1 is 1.05 bits per heavy atom. The Hall–Kier alpha value is -0.0800. The van der Waals surface area contributed by atoms with Crippen LogP contribution in [0.2, 0.25) is 0 Å². The average molecular weight is 271 g/mol. The molecule has 0 radical (unpaired) electrons. The fourth-order valence-corrected chi connectivity index (χ4v) is 2.32. The minimum Gasteiger partial charge on any atom is -0.314 e. The van der Waals surface area contributed by atoms with E-state index in [0.717, 1.165) is 6.54 Å². The van der Waals surface area contributed by atoms with Crippen molar-refractivity contribution in [1.29, 1.82) is 0 Å². The second-order valence-corrected chi connectivity index (χ2v) is 6.97. The molecule has 1 N–H and O–H groups in total. The predicted octanol–water partition coefficient (Wildman–Crippen LogP) is 4.30. The van der Waals surface area contributed by atoms with Gasteiger partial charge in [-0.1, -0.05) is 47.5 Å². The Morgan fingerprint density at radius 2 is 1.68 bits per heavy atom. The lowest BCUT2D eigenvalue weighted by atomic mass is 9.86. The topological polar surface area (TPSA) is 15.3 Å². The van der Waals surface area contributed by atoms with Crippen LogP contribution < -0.4 is 5.32 Å². The molecule has 2 heteroatoms. The van der Waals surface area contributed by atoms with Crippen LogP contribution in [0, 0.1) is 5.41 Å². The van der Waals surface area contributed by atoms with Gasteiger partial charge in [0, 0.05) is 25.2 Å². The molecule has 19 heavy (non-hydrogen) atoms. The molecule has 1 atom stereocenters. The number of hydrogen-bond donors (Lipinski definition) is 1. The smallest absolute Gasteiger partial charge is 0.00501 e. The maximum atomic E-state index is 3.62. The Labute approximate surface area is 122 Å². The minimum atomic E-state index is 0.390. The zero-order chi connectivity index (χ0) is 14.9. The molecule has 0 amide bonds. The first kappa shape index (κ1) is 18.9. The van der Waals surface area contributed by atoms with Crippen LogP contribution in [0.5, 0.6) is 0 Å². The van der Waals surface area contributed by atoms with Gasteiger partial charge in [-0.15, -0.1) is 0 Å². The maximum absolute atomic E-state index is 3.62. The van der Waals surface area contributed by atoms with E-state index in [1.807, 2.05) is 0 Å². The molecule has 0 aliphatic rings. The Morgan fingerprint density at radius 3 is 2.11 bits per heavy atom. The largest absolute Gasteiger partial charge is 0.314 e.